The summed E-state index contributed by atoms with van der Waals surface area (Å²) in [7, 11) is 1.61. The van der Waals surface area contributed by atoms with Gasteiger partial charge in [0.15, 0.2) is 11.0 Å². The highest BCUT2D eigenvalue weighted by Crippen LogP contribution is 2.25. The van der Waals surface area contributed by atoms with Crippen LogP contribution in [0.1, 0.15) is 13.8 Å². The van der Waals surface area contributed by atoms with E-state index in [1.54, 1.807) is 14.0 Å². The Hall–Kier alpha value is -2.55. The molecule has 0 spiro atoms. The average molecular weight is 364 g/mol. The molecule has 134 valence electrons. The molecule has 0 radical (unpaired) electrons. The molecule has 0 fully saturated rings. The molecule has 0 unspecified atom stereocenters. The van der Waals surface area contributed by atoms with Crippen LogP contribution in [0.5, 0.6) is 5.75 Å². The van der Waals surface area contributed by atoms with Crippen molar-refractivity contribution in [2.75, 3.05) is 19.5 Å². The number of benzene rings is 1. The van der Waals surface area contributed by atoms with Gasteiger partial charge in [0.1, 0.15) is 5.75 Å². The summed E-state index contributed by atoms with van der Waals surface area (Å²) in [4.78, 5) is 23.0. The minimum atomic E-state index is -0.746. The van der Waals surface area contributed by atoms with Gasteiger partial charge in [0.25, 0.3) is 0 Å². The zero-order chi connectivity index (χ0) is 18.2. The van der Waals surface area contributed by atoms with E-state index >= 15 is 0 Å². The Bertz CT molecular complexity index is 730. The molecule has 1 N–H and O–H groups in total. The Morgan fingerprint density at radius 3 is 2.52 bits per heavy atom. The van der Waals surface area contributed by atoms with Crippen LogP contribution >= 0.6 is 11.8 Å². The van der Waals surface area contributed by atoms with Crippen molar-refractivity contribution >= 4 is 23.8 Å². The van der Waals surface area contributed by atoms with Crippen LogP contribution in [0.15, 0.2) is 29.4 Å². The summed E-state index contributed by atoms with van der Waals surface area (Å²) in [5.74, 6) is 1.06. The van der Waals surface area contributed by atoms with Crippen LogP contribution < -0.4 is 10.1 Å². The van der Waals surface area contributed by atoms with Gasteiger partial charge >= 0.3 is 6.09 Å². The first kappa shape index (κ1) is 18.8. The van der Waals surface area contributed by atoms with E-state index in [1.807, 2.05) is 35.8 Å². The van der Waals surface area contributed by atoms with Crippen molar-refractivity contribution in [3.8, 4) is 17.1 Å². The summed E-state index contributed by atoms with van der Waals surface area (Å²) in [6.07, 6.45) is -0.746. The average Bonchev–Trinajstić information content (AvgIpc) is 3.03. The lowest BCUT2D eigenvalue weighted by molar-refractivity contribution is -0.117. The lowest BCUT2D eigenvalue weighted by atomic mass is 10.2. The first-order valence-electron chi connectivity index (χ1n) is 7.76. The van der Waals surface area contributed by atoms with Gasteiger partial charge in [-0.2, -0.15) is 0 Å². The molecule has 2 rings (SSSR count). The fourth-order valence-corrected chi connectivity index (χ4v) is 2.88. The van der Waals surface area contributed by atoms with E-state index in [9.17, 15) is 9.59 Å². The molecule has 0 saturated carbocycles. The first-order valence-corrected chi connectivity index (χ1v) is 8.74. The topological polar surface area (TPSA) is 95.3 Å². The molecular formula is C16H20N4O4S. The molecule has 9 heteroatoms. The van der Waals surface area contributed by atoms with E-state index in [0.717, 1.165) is 11.3 Å². The number of ether oxygens (including phenoxy) is 2. The summed E-state index contributed by atoms with van der Waals surface area (Å²) in [5, 5.41) is 11.1. The number of carbonyl (C=O) groups is 2. The lowest BCUT2D eigenvalue weighted by Crippen LogP contribution is -2.32. The van der Waals surface area contributed by atoms with Crippen molar-refractivity contribution in [3.63, 3.8) is 0 Å². The third-order valence-corrected chi connectivity index (χ3v) is 4.20. The Morgan fingerprint density at radius 2 is 1.92 bits per heavy atom. The van der Waals surface area contributed by atoms with Crippen LogP contribution in [0.4, 0.5) is 4.79 Å². The van der Waals surface area contributed by atoms with Crippen molar-refractivity contribution in [1.29, 1.82) is 0 Å². The molecule has 0 saturated heterocycles. The number of alkyl carbamates (subject to hydrolysis) is 1. The van der Waals surface area contributed by atoms with E-state index in [4.69, 9.17) is 4.74 Å². The summed E-state index contributed by atoms with van der Waals surface area (Å²) in [6, 6.07) is 7.50. The Balaban J connectivity index is 2.06. The molecule has 0 aliphatic carbocycles. The van der Waals surface area contributed by atoms with Crippen molar-refractivity contribution in [3.05, 3.63) is 24.3 Å². The number of imide groups is 1. The molecule has 1 aromatic heterocycles. The van der Waals surface area contributed by atoms with Gasteiger partial charge in [-0.15, -0.1) is 10.2 Å². The largest absolute Gasteiger partial charge is 0.497 e. The summed E-state index contributed by atoms with van der Waals surface area (Å²) >= 11 is 1.21. The smallest absolute Gasteiger partial charge is 0.413 e. The molecule has 1 aromatic carbocycles. The first-order chi connectivity index (χ1) is 12.1. The van der Waals surface area contributed by atoms with Gasteiger partial charge in [0, 0.05) is 12.1 Å². The number of rotatable bonds is 7. The third-order valence-electron chi connectivity index (χ3n) is 3.23. The summed E-state index contributed by atoms with van der Waals surface area (Å²) in [5.41, 5.74) is 0.901. The highest BCUT2D eigenvalue weighted by molar-refractivity contribution is 7.99. The van der Waals surface area contributed by atoms with Gasteiger partial charge in [-0.25, -0.2) is 4.79 Å². The minimum absolute atomic E-state index is 0.0412. The number of thioether (sulfide) groups is 1. The number of methoxy groups -OCH3 is 1. The quantitative estimate of drug-likeness (QED) is 0.753. The highest BCUT2D eigenvalue weighted by atomic mass is 32.2. The Labute approximate surface area is 149 Å². The van der Waals surface area contributed by atoms with Crippen LogP contribution in [0.3, 0.4) is 0 Å². The summed E-state index contributed by atoms with van der Waals surface area (Å²) in [6.45, 7) is 4.50. The number of hydrogen-bond donors (Lipinski definition) is 1. The molecule has 25 heavy (non-hydrogen) atoms. The van der Waals surface area contributed by atoms with E-state index < -0.39 is 12.0 Å². The van der Waals surface area contributed by atoms with Gasteiger partial charge < -0.3 is 14.0 Å². The maximum absolute atomic E-state index is 11.7. The monoisotopic (exact) mass is 364 g/mol. The standard InChI is InChI=1S/C16H20N4O4S/c1-4-20-14(11-6-8-12(23-3)9-7-11)18-19-15(20)25-10-13(21)17-16(22)24-5-2/h6-9H,4-5,10H2,1-3H3,(H,17,21,22). The number of carbonyl (C=O) groups excluding carboxylic acids is 2. The van der Waals surface area contributed by atoms with Crippen LogP contribution in [0.2, 0.25) is 0 Å². The molecule has 8 nitrogen and oxygen atoms in total. The summed E-state index contributed by atoms with van der Waals surface area (Å²) < 4.78 is 11.7. The number of aromatic nitrogens is 3. The fourth-order valence-electron chi connectivity index (χ4n) is 2.08. The molecule has 2 amide bonds. The second kappa shape index (κ2) is 9.07. The molecule has 0 bridgehead atoms. The maximum atomic E-state index is 11.7. The zero-order valence-corrected chi connectivity index (χ0v) is 15.1. The van der Waals surface area contributed by atoms with Gasteiger partial charge in [-0.1, -0.05) is 11.8 Å². The van der Waals surface area contributed by atoms with E-state index in [2.05, 4.69) is 20.3 Å². The molecule has 0 atom stereocenters. The van der Waals surface area contributed by atoms with Crippen LogP contribution in [0, 0.1) is 0 Å². The number of amides is 2. The molecule has 0 aliphatic heterocycles. The van der Waals surface area contributed by atoms with Gasteiger partial charge in [-0.05, 0) is 38.1 Å². The van der Waals surface area contributed by atoms with Gasteiger partial charge in [0.2, 0.25) is 5.91 Å². The van der Waals surface area contributed by atoms with Gasteiger partial charge in [0.05, 0.1) is 19.5 Å². The fraction of sp³-hybridized carbons (Fsp3) is 0.375. The second-order valence-corrected chi connectivity index (χ2v) is 5.78. The molecule has 1 heterocycles. The minimum Gasteiger partial charge on any atom is -0.497 e. The number of nitrogens with zero attached hydrogens (tertiary/aromatic N) is 3. The second-order valence-electron chi connectivity index (χ2n) is 4.84. The third kappa shape index (κ3) is 4.96. The van der Waals surface area contributed by atoms with Crippen LogP contribution in [0.25, 0.3) is 11.4 Å². The van der Waals surface area contributed by atoms with E-state index in [0.29, 0.717) is 17.5 Å². The molecule has 2 aromatic rings. The zero-order valence-electron chi connectivity index (χ0n) is 14.3. The lowest BCUT2D eigenvalue weighted by Gasteiger charge is -2.08. The highest BCUT2D eigenvalue weighted by Gasteiger charge is 2.15. The number of hydrogen-bond acceptors (Lipinski definition) is 7. The van der Waals surface area contributed by atoms with Gasteiger partial charge in [-0.3, -0.25) is 10.1 Å². The van der Waals surface area contributed by atoms with Crippen molar-refractivity contribution in [2.45, 2.75) is 25.5 Å². The Kier molecular flexibility index (Phi) is 6.81. The van der Waals surface area contributed by atoms with Crippen molar-refractivity contribution in [1.82, 2.24) is 20.1 Å². The SMILES string of the molecule is CCOC(=O)NC(=O)CSc1nnc(-c2ccc(OC)cc2)n1CC. The molecule has 0 aliphatic rings. The normalized spacial score (nSPS) is 10.4. The van der Waals surface area contributed by atoms with Crippen LogP contribution in [-0.2, 0) is 16.1 Å². The van der Waals surface area contributed by atoms with Crippen molar-refractivity contribution < 1.29 is 19.1 Å². The predicted molar refractivity (Wildman–Crippen MR) is 93.6 cm³/mol. The maximum Gasteiger partial charge on any atom is 0.413 e. The van der Waals surface area contributed by atoms with Crippen LogP contribution in [-0.4, -0.2) is 46.2 Å². The van der Waals surface area contributed by atoms with Crippen molar-refractivity contribution in [2.24, 2.45) is 0 Å². The molecular weight excluding hydrogens is 344 g/mol. The number of nitrogens with one attached hydrogen (secondary N) is 1. The van der Waals surface area contributed by atoms with E-state index in [1.165, 1.54) is 11.8 Å². The Morgan fingerprint density at radius 1 is 1.20 bits per heavy atom. The van der Waals surface area contributed by atoms with E-state index in [-0.39, 0.29) is 12.4 Å². The predicted octanol–water partition coefficient (Wildman–Crippen LogP) is 2.34.